The first-order valence-corrected chi connectivity index (χ1v) is 5.56. The lowest BCUT2D eigenvalue weighted by molar-refractivity contribution is 0.0524. The van der Waals surface area contributed by atoms with Crippen LogP contribution in [0.3, 0.4) is 0 Å². The first kappa shape index (κ1) is 12.0. The third kappa shape index (κ3) is 2.48. The molecule has 4 heteroatoms. The lowest BCUT2D eigenvalue weighted by Crippen LogP contribution is -2.10. The molecule has 0 aliphatic rings. The van der Waals surface area contributed by atoms with E-state index in [4.69, 9.17) is 10.00 Å². The largest absolute Gasteiger partial charge is 0.462 e. The Hall–Kier alpha value is -1.09. The van der Waals surface area contributed by atoms with E-state index in [9.17, 15) is 4.79 Å². The highest BCUT2D eigenvalue weighted by atomic mass is 127. The Labute approximate surface area is 102 Å². The van der Waals surface area contributed by atoms with Gasteiger partial charge in [0.2, 0.25) is 0 Å². The van der Waals surface area contributed by atoms with Crippen molar-refractivity contribution in [1.29, 1.82) is 5.26 Å². The second-order valence-electron chi connectivity index (χ2n) is 2.93. The minimum atomic E-state index is -0.364. The molecule has 0 radical (unpaired) electrons. The molecule has 0 aliphatic carbocycles. The second-order valence-corrected chi connectivity index (χ2v) is 4.09. The van der Waals surface area contributed by atoms with Crippen LogP contribution in [-0.4, -0.2) is 12.6 Å². The fraction of sp³-hybridized carbons (Fsp3) is 0.273. The third-order valence-corrected chi connectivity index (χ3v) is 2.91. The maximum Gasteiger partial charge on any atom is 0.339 e. The van der Waals surface area contributed by atoms with Gasteiger partial charge < -0.3 is 4.74 Å². The maximum absolute atomic E-state index is 11.6. The van der Waals surface area contributed by atoms with Crippen LogP contribution in [0, 0.1) is 21.8 Å². The quantitative estimate of drug-likeness (QED) is 0.623. The highest BCUT2D eigenvalue weighted by molar-refractivity contribution is 14.1. The van der Waals surface area contributed by atoms with E-state index in [1.165, 1.54) is 0 Å². The molecule has 0 atom stereocenters. The normalized spacial score (nSPS) is 9.47. The molecule has 78 valence electrons. The first-order chi connectivity index (χ1) is 7.11. The van der Waals surface area contributed by atoms with Crippen molar-refractivity contribution in [3.63, 3.8) is 0 Å². The number of carbonyl (C=O) groups is 1. The smallest absolute Gasteiger partial charge is 0.339 e. The van der Waals surface area contributed by atoms with E-state index >= 15 is 0 Å². The minimum Gasteiger partial charge on any atom is -0.462 e. The van der Waals surface area contributed by atoms with E-state index in [0.29, 0.717) is 23.3 Å². The van der Waals surface area contributed by atoms with E-state index in [1.54, 1.807) is 26.0 Å². The Balaban J connectivity index is 3.28. The highest BCUT2D eigenvalue weighted by Gasteiger charge is 2.16. The summed E-state index contributed by atoms with van der Waals surface area (Å²) < 4.78 is 5.74. The number of carbonyl (C=O) groups excluding carboxylic acids is 1. The summed E-state index contributed by atoms with van der Waals surface area (Å²) in [4.78, 5) is 11.6. The van der Waals surface area contributed by atoms with Gasteiger partial charge in [-0.3, -0.25) is 0 Å². The molecule has 0 saturated heterocycles. The van der Waals surface area contributed by atoms with Gasteiger partial charge in [-0.1, -0.05) is 0 Å². The Kier molecular flexibility index (Phi) is 4.09. The molecule has 0 aromatic heterocycles. The van der Waals surface area contributed by atoms with Gasteiger partial charge in [0.25, 0.3) is 0 Å². The van der Waals surface area contributed by atoms with Crippen LogP contribution in [0.1, 0.15) is 28.4 Å². The van der Waals surface area contributed by atoms with Crippen molar-refractivity contribution < 1.29 is 9.53 Å². The molecule has 15 heavy (non-hydrogen) atoms. The van der Waals surface area contributed by atoms with Crippen LogP contribution in [0.25, 0.3) is 0 Å². The predicted molar refractivity (Wildman–Crippen MR) is 64.6 cm³/mol. The summed E-state index contributed by atoms with van der Waals surface area (Å²) >= 11 is 2.06. The molecule has 1 aromatic rings. The number of ether oxygens (including phenoxy) is 1. The molecule has 1 rings (SSSR count). The second kappa shape index (κ2) is 5.12. The minimum absolute atomic E-state index is 0.338. The summed E-state index contributed by atoms with van der Waals surface area (Å²) in [5.74, 6) is -0.364. The van der Waals surface area contributed by atoms with E-state index in [1.807, 2.05) is 6.07 Å². The number of benzene rings is 1. The molecular weight excluding hydrogens is 305 g/mol. The van der Waals surface area contributed by atoms with Gasteiger partial charge >= 0.3 is 5.97 Å². The average Bonchev–Trinajstić information content (AvgIpc) is 2.18. The molecule has 0 unspecified atom stereocenters. The van der Waals surface area contributed by atoms with Crippen molar-refractivity contribution in [1.82, 2.24) is 0 Å². The fourth-order valence-corrected chi connectivity index (χ4v) is 2.06. The maximum atomic E-state index is 11.6. The molecule has 0 saturated carbocycles. The van der Waals surface area contributed by atoms with Gasteiger partial charge in [-0.15, -0.1) is 0 Å². The summed E-state index contributed by atoms with van der Waals surface area (Å²) in [5.41, 5.74) is 1.69. The highest BCUT2D eigenvalue weighted by Crippen LogP contribution is 2.20. The van der Waals surface area contributed by atoms with E-state index < -0.39 is 0 Å². The van der Waals surface area contributed by atoms with Crippen molar-refractivity contribution in [2.24, 2.45) is 0 Å². The third-order valence-electron chi connectivity index (χ3n) is 2.01. The number of hydrogen-bond acceptors (Lipinski definition) is 3. The molecule has 0 heterocycles. The van der Waals surface area contributed by atoms with Crippen LogP contribution in [-0.2, 0) is 4.74 Å². The van der Waals surface area contributed by atoms with Crippen molar-refractivity contribution >= 4 is 28.6 Å². The van der Waals surface area contributed by atoms with Crippen LogP contribution in [0.2, 0.25) is 0 Å². The number of halogens is 1. The molecule has 0 bridgehead atoms. The standard InChI is InChI=1S/C11H10INO2/c1-3-15-11(14)10-7(2)8(6-13)4-5-9(10)12/h4-5H,3H2,1-2H3. The number of esters is 1. The van der Waals surface area contributed by atoms with Crippen LogP contribution < -0.4 is 0 Å². The van der Waals surface area contributed by atoms with Gasteiger partial charge in [-0.25, -0.2) is 4.79 Å². The van der Waals surface area contributed by atoms with Gasteiger partial charge in [-0.05, 0) is 54.1 Å². The van der Waals surface area contributed by atoms with E-state index in [0.717, 1.165) is 3.57 Å². The average molecular weight is 315 g/mol. The van der Waals surface area contributed by atoms with Crippen LogP contribution >= 0.6 is 22.6 Å². The molecule has 0 amide bonds. The number of nitrogens with zero attached hydrogens (tertiary/aromatic N) is 1. The molecule has 0 fully saturated rings. The van der Waals surface area contributed by atoms with Gasteiger partial charge in [0.05, 0.1) is 23.8 Å². The van der Waals surface area contributed by atoms with Crippen LogP contribution in [0.15, 0.2) is 12.1 Å². The molecule has 0 spiro atoms. The van der Waals surface area contributed by atoms with Crippen LogP contribution in [0.5, 0.6) is 0 Å². The molecular formula is C11H10INO2. The Bertz CT molecular complexity index is 435. The number of nitriles is 1. The monoisotopic (exact) mass is 315 g/mol. The Morgan fingerprint density at radius 1 is 1.60 bits per heavy atom. The SMILES string of the molecule is CCOC(=O)c1c(I)ccc(C#N)c1C. The van der Waals surface area contributed by atoms with Crippen molar-refractivity contribution in [3.8, 4) is 6.07 Å². The van der Waals surface area contributed by atoms with E-state index in [2.05, 4.69) is 22.6 Å². The number of rotatable bonds is 2. The molecule has 0 aliphatic heterocycles. The first-order valence-electron chi connectivity index (χ1n) is 4.48. The van der Waals surface area contributed by atoms with Crippen molar-refractivity contribution in [2.45, 2.75) is 13.8 Å². The van der Waals surface area contributed by atoms with Crippen molar-refractivity contribution in [3.05, 3.63) is 32.4 Å². The van der Waals surface area contributed by atoms with Gasteiger partial charge in [0.15, 0.2) is 0 Å². The predicted octanol–water partition coefficient (Wildman–Crippen LogP) is 2.65. The van der Waals surface area contributed by atoms with Gasteiger partial charge in [-0.2, -0.15) is 5.26 Å². The Morgan fingerprint density at radius 2 is 2.27 bits per heavy atom. The molecule has 0 N–H and O–H groups in total. The Morgan fingerprint density at radius 3 is 2.80 bits per heavy atom. The molecule has 3 nitrogen and oxygen atoms in total. The van der Waals surface area contributed by atoms with E-state index in [-0.39, 0.29) is 5.97 Å². The molecule has 1 aromatic carbocycles. The lowest BCUT2D eigenvalue weighted by Gasteiger charge is -2.08. The zero-order chi connectivity index (χ0) is 11.4. The van der Waals surface area contributed by atoms with Crippen molar-refractivity contribution in [2.75, 3.05) is 6.61 Å². The van der Waals surface area contributed by atoms with Gasteiger partial charge in [0, 0.05) is 3.57 Å². The van der Waals surface area contributed by atoms with Crippen LogP contribution in [0.4, 0.5) is 0 Å². The zero-order valence-corrected chi connectivity index (χ0v) is 10.7. The summed E-state index contributed by atoms with van der Waals surface area (Å²) in [6.45, 7) is 3.85. The topological polar surface area (TPSA) is 50.1 Å². The zero-order valence-electron chi connectivity index (χ0n) is 8.50. The summed E-state index contributed by atoms with van der Waals surface area (Å²) in [5, 5.41) is 8.84. The lowest BCUT2D eigenvalue weighted by atomic mass is 10.0. The number of hydrogen-bond donors (Lipinski definition) is 0. The summed E-state index contributed by atoms with van der Waals surface area (Å²) in [7, 11) is 0. The fourth-order valence-electron chi connectivity index (χ4n) is 1.25. The van der Waals surface area contributed by atoms with Gasteiger partial charge in [0.1, 0.15) is 0 Å². The summed E-state index contributed by atoms with van der Waals surface area (Å²) in [6, 6.07) is 5.51. The summed E-state index contributed by atoms with van der Waals surface area (Å²) in [6.07, 6.45) is 0.